The number of carbonyl (C=O) groups is 1. The van der Waals surface area contributed by atoms with Crippen molar-refractivity contribution in [2.24, 2.45) is 11.8 Å². The van der Waals surface area contributed by atoms with Gasteiger partial charge in [-0.3, -0.25) is 4.79 Å². The molecule has 0 bridgehead atoms. The smallest absolute Gasteiger partial charge is 0.337 e. The van der Waals surface area contributed by atoms with Gasteiger partial charge in [-0.1, -0.05) is 18.2 Å². The van der Waals surface area contributed by atoms with Crippen molar-refractivity contribution >= 4 is 15.7 Å². The van der Waals surface area contributed by atoms with E-state index in [1.807, 2.05) is 0 Å². The number of halogens is 3. The zero-order chi connectivity index (χ0) is 18.9. The summed E-state index contributed by atoms with van der Waals surface area (Å²) in [5.41, 5.74) is 0.596. The molecule has 144 valence electrons. The fourth-order valence-corrected chi connectivity index (χ4v) is 5.34. The second kappa shape index (κ2) is 7.21. The van der Waals surface area contributed by atoms with Crippen LogP contribution in [0.3, 0.4) is 0 Å². The van der Waals surface area contributed by atoms with Crippen LogP contribution in [0.5, 0.6) is 0 Å². The van der Waals surface area contributed by atoms with Crippen LogP contribution in [0.4, 0.5) is 13.2 Å². The lowest BCUT2D eigenvalue weighted by Gasteiger charge is -2.31. The minimum atomic E-state index is -4.15. The van der Waals surface area contributed by atoms with E-state index in [0.29, 0.717) is 18.4 Å². The zero-order valence-electron chi connectivity index (χ0n) is 14.3. The third-order valence-electron chi connectivity index (χ3n) is 5.42. The molecule has 4 nitrogen and oxygen atoms in total. The Morgan fingerprint density at radius 3 is 2.42 bits per heavy atom. The second-order valence-electron chi connectivity index (χ2n) is 7.21. The average Bonchev–Trinajstić information content (AvgIpc) is 2.71. The van der Waals surface area contributed by atoms with E-state index in [4.69, 9.17) is 0 Å². The molecular formula is C18H22F3NO3S. The first-order valence-corrected chi connectivity index (χ1v) is 10.5. The van der Waals surface area contributed by atoms with Gasteiger partial charge in [-0.25, -0.2) is 8.42 Å². The third kappa shape index (κ3) is 4.22. The molecule has 0 unspecified atom stereocenters. The fourth-order valence-electron chi connectivity index (χ4n) is 3.85. The van der Waals surface area contributed by atoms with Gasteiger partial charge >= 0.3 is 6.18 Å². The Kier molecular flexibility index (Phi) is 5.33. The molecule has 1 heterocycles. The first-order chi connectivity index (χ1) is 12.2. The molecule has 1 aromatic rings. The Hall–Kier alpha value is -1.57. The van der Waals surface area contributed by atoms with Crippen LogP contribution in [-0.4, -0.2) is 37.7 Å². The van der Waals surface area contributed by atoms with Crippen molar-refractivity contribution in [3.8, 4) is 0 Å². The van der Waals surface area contributed by atoms with Crippen molar-refractivity contribution in [1.29, 1.82) is 0 Å². The topological polar surface area (TPSA) is 54.5 Å². The van der Waals surface area contributed by atoms with Gasteiger partial charge in [0.1, 0.15) is 0 Å². The summed E-state index contributed by atoms with van der Waals surface area (Å²) in [4.78, 5) is 14.4. The second-order valence-corrected chi connectivity index (χ2v) is 9.28. The lowest BCUT2D eigenvalue weighted by Crippen LogP contribution is -2.35. The molecule has 1 amide bonds. The molecule has 1 aliphatic carbocycles. The summed E-state index contributed by atoms with van der Waals surface area (Å²) in [5.74, 6) is -1.62. The van der Waals surface area contributed by atoms with E-state index in [-0.39, 0.29) is 54.8 Å². The minimum Gasteiger partial charge on any atom is -0.337 e. The number of hydrogen-bond donors (Lipinski definition) is 0. The number of nitrogens with zero attached hydrogens (tertiary/aromatic N) is 1. The van der Waals surface area contributed by atoms with E-state index >= 15 is 0 Å². The Balaban J connectivity index is 1.63. The molecule has 1 aliphatic heterocycles. The third-order valence-corrected chi connectivity index (χ3v) is 7.21. The highest BCUT2D eigenvalue weighted by Crippen LogP contribution is 2.40. The molecule has 0 aromatic heterocycles. The van der Waals surface area contributed by atoms with E-state index in [1.165, 1.54) is 4.90 Å². The Morgan fingerprint density at radius 1 is 1.12 bits per heavy atom. The Labute approximate surface area is 151 Å². The summed E-state index contributed by atoms with van der Waals surface area (Å²) in [6.45, 7) is 0.347. The molecule has 1 saturated carbocycles. The van der Waals surface area contributed by atoms with Crippen LogP contribution in [0.15, 0.2) is 29.2 Å². The van der Waals surface area contributed by atoms with Gasteiger partial charge in [0.2, 0.25) is 5.91 Å². The molecule has 0 atom stereocenters. The maximum absolute atomic E-state index is 12.7. The van der Waals surface area contributed by atoms with Gasteiger partial charge in [0.05, 0.1) is 16.6 Å². The average molecular weight is 389 g/mol. The summed E-state index contributed by atoms with van der Waals surface area (Å²) in [6.07, 6.45) is -3.06. The van der Waals surface area contributed by atoms with E-state index < -0.39 is 21.9 Å². The van der Waals surface area contributed by atoms with E-state index in [1.54, 1.807) is 24.3 Å². The van der Waals surface area contributed by atoms with Crippen LogP contribution in [0.2, 0.25) is 0 Å². The van der Waals surface area contributed by atoms with Gasteiger partial charge < -0.3 is 4.90 Å². The molecule has 26 heavy (non-hydrogen) atoms. The highest BCUT2D eigenvalue weighted by atomic mass is 32.2. The summed E-state index contributed by atoms with van der Waals surface area (Å²) < 4.78 is 62.9. The molecule has 1 aromatic carbocycles. The number of carbonyl (C=O) groups excluding carboxylic acids is 1. The quantitative estimate of drug-likeness (QED) is 0.777. The predicted molar refractivity (Wildman–Crippen MR) is 90.0 cm³/mol. The van der Waals surface area contributed by atoms with Crippen molar-refractivity contribution in [2.75, 3.05) is 12.3 Å². The van der Waals surface area contributed by atoms with Crippen molar-refractivity contribution in [1.82, 2.24) is 4.90 Å². The molecule has 8 heteroatoms. The SMILES string of the molecule is O=C(CC1CCC(C(F)(F)F)CC1)N1CCS(=O)(=O)c2ccccc2C1. The summed E-state index contributed by atoms with van der Waals surface area (Å²) >= 11 is 0. The van der Waals surface area contributed by atoms with E-state index in [2.05, 4.69) is 0 Å². The van der Waals surface area contributed by atoms with Gasteiger partial charge in [-0.2, -0.15) is 13.2 Å². The number of sulfone groups is 1. The summed E-state index contributed by atoms with van der Waals surface area (Å²) in [5, 5.41) is 0. The standard InChI is InChI=1S/C18H22F3NO3S/c19-18(20,21)15-7-5-13(6-8-15)11-17(23)22-9-10-26(24,25)16-4-2-1-3-14(16)12-22/h1-4,13,15H,5-12H2. The van der Waals surface area contributed by atoms with Crippen LogP contribution >= 0.6 is 0 Å². The number of fused-ring (bicyclic) bond motifs is 1. The lowest BCUT2D eigenvalue weighted by atomic mass is 9.80. The maximum atomic E-state index is 12.7. The Morgan fingerprint density at radius 2 is 1.77 bits per heavy atom. The van der Waals surface area contributed by atoms with Crippen LogP contribution in [-0.2, 0) is 21.2 Å². The highest BCUT2D eigenvalue weighted by molar-refractivity contribution is 7.91. The van der Waals surface area contributed by atoms with Gasteiger partial charge in [-0.15, -0.1) is 0 Å². The van der Waals surface area contributed by atoms with Gasteiger partial charge in [0.15, 0.2) is 9.84 Å². The van der Waals surface area contributed by atoms with Crippen LogP contribution in [0.25, 0.3) is 0 Å². The number of benzene rings is 1. The van der Waals surface area contributed by atoms with Gasteiger partial charge in [0, 0.05) is 19.5 Å². The van der Waals surface area contributed by atoms with Crippen LogP contribution in [0.1, 0.15) is 37.7 Å². The lowest BCUT2D eigenvalue weighted by molar-refractivity contribution is -0.184. The molecule has 0 N–H and O–H groups in total. The monoisotopic (exact) mass is 389 g/mol. The molecule has 0 spiro atoms. The molecule has 3 rings (SSSR count). The number of hydrogen-bond acceptors (Lipinski definition) is 3. The number of amides is 1. The largest absolute Gasteiger partial charge is 0.391 e. The summed E-state index contributed by atoms with van der Waals surface area (Å²) in [7, 11) is -3.42. The fraction of sp³-hybridized carbons (Fsp3) is 0.611. The highest BCUT2D eigenvalue weighted by Gasteiger charge is 2.41. The van der Waals surface area contributed by atoms with Crippen LogP contribution < -0.4 is 0 Å². The number of alkyl halides is 3. The van der Waals surface area contributed by atoms with Crippen LogP contribution in [0, 0.1) is 11.8 Å². The maximum Gasteiger partial charge on any atom is 0.391 e. The molecule has 0 saturated heterocycles. The number of rotatable bonds is 2. The van der Waals surface area contributed by atoms with Gasteiger partial charge in [0.25, 0.3) is 0 Å². The molecule has 2 aliphatic rings. The Bertz CT molecular complexity index is 768. The molecular weight excluding hydrogens is 367 g/mol. The molecule has 1 fully saturated rings. The first kappa shape index (κ1) is 19.2. The van der Waals surface area contributed by atoms with Crippen molar-refractivity contribution < 1.29 is 26.4 Å². The van der Waals surface area contributed by atoms with Gasteiger partial charge in [-0.05, 0) is 43.2 Å². The summed E-state index contributed by atoms with van der Waals surface area (Å²) in [6, 6.07) is 6.65. The van der Waals surface area contributed by atoms with E-state index in [0.717, 1.165) is 0 Å². The first-order valence-electron chi connectivity index (χ1n) is 8.82. The van der Waals surface area contributed by atoms with Crippen molar-refractivity contribution in [3.05, 3.63) is 29.8 Å². The van der Waals surface area contributed by atoms with E-state index in [9.17, 15) is 26.4 Å². The molecule has 0 radical (unpaired) electrons. The predicted octanol–water partition coefficient (Wildman–Crippen LogP) is 3.56. The normalized spacial score (nSPS) is 26.0. The van der Waals surface area contributed by atoms with Crippen molar-refractivity contribution in [2.45, 2.75) is 49.7 Å². The van der Waals surface area contributed by atoms with Crippen molar-refractivity contribution in [3.63, 3.8) is 0 Å². The minimum absolute atomic E-state index is 0.0591. The zero-order valence-corrected chi connectivity index (χ0v) is 15.2.